The average Bonchev–Trinajstić information content (AvgIpc) is 2.46. The summed E-state index contributed by atoms with van der Waals surface area (Å²) in [5, 5.41) is 1.09. The predicted molar refractivity (Wildman–Crippen MR) is 79.9 cm³/mol. The fourth-order valence-electron chi connectivity index (χ4n) is 1.59. The minimum Gasteiger partial charge on any atom is -0.497 e. The maximum Gasteiger partial charge on any atom is 0.190 e. The third kappa shape index (κ3) is 3.30. The van der Waals surface area contributed by atoms with E-state index in [9.17, 15) is 0 Å². The quantitative estimate of drug-likeness (QED) is 0.489. The van der Waals surface area contributed by atoms with E-state index >= 15 is 0 Å². The van der Waals surface area contributed by atoms with Crippen molar-refractivity contribution in [3.63, 3.8) is 0 Å². The second kappa shape index (κ2) is 6.12. The highest BCUT2D eigenvalue weighted by Gasteiger charge is 2.09. The van der Waals surface area contributed by atoms with Crippen molar-refractivity contribution >= 4 is 34.9 Å². The number of methoxy groups -OCH3 is 1. The normalized spacial score (nSPS) is 10.3. The summed E-state index contributed by atoms with van der Waals surface area (Å²) in [6.45, 7) is 0. The Morgan fingerprint density at radius 3 is 2.47 bits per heavy atom. The standard InChI is InChI=1S/C13H14ClN3OS/c1-17(9-4-6-10(18-2)7-5-9)12-8-11(14)15-13(16-12)19-3/h4-8H,1-3H3. The van der Waals surface area contributed by atoms with Gasteiger partial charge in [-0.05, 0) is 30.5 Å². The third-order valence-electron chi connectivity index (χ3n) is 2.65. The number of benzene rings is 1. The molecule has 2 aromatic rings. The number of thioether (sulfide) groups is 1. The number of aromatic nitrogens is 2. The van der Waals surface area contributed by atoms with Crippen molar-refractivity contribution in [3.05, 3.63) is 35.5 Å². The van der Waals surface area contributed by atoms with E-state index in [1.807, 2.05) is 42.5 Å². The molecule has 1 aromatic carbocycles. The van der Waals surface area contributed by atoms with Crippen LogP contribution in [0.2, 0.25) is 5.15 Å². The predicted octanol–water partition coefficient (Wildman–Crippen LogP) is 3.63. The van der Waals surface area contributed by atoms with Crippen molar-refractivity contribution < 1.29 is 4.74 Å². The van der Waals surface area contributed by atoms with Gasteiger partial charge in [-0.15, -0.1) is 0 Å². The molecular formula is C13H14ClN3OS. The lowest BCUT2D eigenvalue weighted by molar-refractivity contribution is 0.415. The Balaban J connectivity index is 2.31. The van der Waals surface area contributed by atoms with Crippen LogP contribution in [0.15, 0.2) is 35.5 Å². The van der Waals surface area contributed by atoms with E-state index in [-0.39, 0.29) is 0 Å². The van der Waals surface area contributed by atoms with Crippen LogP contribution in [-0.2, 0) is 0 Å². The summed E-state index contributed by atoms with van der Waals surface area (Å²) in [6.07, 6.45) is 1.92. The Hall–Kier alpha value is -1.46. The van der Waals surface area contributed by atoms with Gasteiger partial charge in [-0.1, -0.05) is 23.4 Å². The van der Waals surface area contributed by atoms with Crippen LogP contribution in [0.5, 0.6) is 5.75 Å². The Morgan fingerprint density at radius 1 is 1.21 bits per heavy atom. The van der Waals surface area contributed by atoms with Gasteiger partial charge in [0.2, 0.25) is 0 Å². The summed E-state index contributed by atoms with van der Waals surface area (Å²) < 4.78 is 5.14. The number of hydrogen-bond donors (Lipinski definition) is 0. The molecule has 0 atom stereocenters. The van der Waals surface area contributed by atoms with Crippen molar-refractivity contribution in [2.24, 2.45) is 0 Å². The smallest absolute Gasteiger partial charge is 0.190 e. The lowest BCUT2D eigenvalue weighted by Gasteiger charge is -2.19. The monoisotopic (exact) mass is 295 g/mol. The van der Waals surface area contributed by atoms with Gasteiger partial charge in [0.15, 0.2) is 5.16 Å². The molecule has 0 saturated carbocycles. The highest BCUT2D eigenvalue weighted by atomic mass is 35.5. The minimum atomic E-state index is 0.440. The van der Waals surface area contributed by atoms with E-state index in [0.29, 0.717) is 10.3 Å². The van der Waals surface area contributed by atoms with E-state index in [2.05, 4.69) is 9.97 Å². The highest BCUT2D eigenvalue weighted by molar-refractivity contribution is 7.98. The Bertz CT molecular complexity index is 562. The first kappa shape index (κ1) is 14.0. The molecule has 0 aliphatic heterocycles. The molecule has 0 fully saturated rings. The van der Waals surface area contributed by atoms with Crippen LogP contribution < -0.4 is 9.64 Å². The van der Waals surface area contributed by atoms with Crippen molar-refractivity contribution in [1.82, 2.24) is 9.97 Å². The summed E-state index contributed by atoms with van der Waals surface area (Å²) in [4.78, 5) is 10.5. The molecule has 0 spiro atoms. The summed E-state index contributed by atoms with van der Waals surface area (Å²) in [6, 6.07) is 9.49. The zero-order valence-corrected chi connectivity index (χ0v) is 12.5. The van der Waals surface area contributed by atoms with Gasteiger partial charge in [0.1, 0.15) is 16.7 Å². The summed E-state index contributed by atoms with van der Waals surface area (Å²) in [7, 11) is 3.58. The molecule has 0 amide bonds. The molecular weight excluding hydrogens is 282 g/mol. The van der Waals surface area contributed by atoms with E-state index in [1.54, 1.807) is 13.2 Å². The van der Waals surface area contributed by atoms with Crippen LogP contribution in [0.3, 0.4) is 0 Å². The minimum absolute atomic E-state index is 0.440. The van der Waals surface area contributed by atoms with Crippen molar-refractivity contribution in [1.29, 1.82) is 0 Å². The summed E-state index contributed by atoms with van der Waals surface area (Å²) in [5.74, 6) is 1.58. The Kier molecular flexibility index (Phi) is 4.50. The third-order valence-corrected chi connectivity index (χ3v) is 3.39. The van der Waals surface area contributed by atoms with E-state index in [0.717, 1.165) is 17.3 Å². The molecule has 1 aromatic heterocycles. The first-order chi connectivity index (χ1) is 9.13. The summed E-state index contributed by atoms with van der Waals surface area (Å²) >= 11 is 7.46. The maximum absolute atomic E-state index is 6.00. The average molecular weight is 296 g/mol. The van der Waals surface area contributed by atoms with Gasteiger partial charge in [0, 0.05) is 18.8 Å². The zero-order chi connectivity index (χ0) is 13.8. The molecule has 0 N–H and O–H groups in total. The molecule has 0 radical (unpaired) electrons. The molecule has 1 heterocycles. The van der Waals surface area contributed by atoms with Gasteiger partial charge >= 0.3 is 0 Å². The maximum atomic E-state index is 6.00. The fraction of sp³-hybridized carbons (Fsp3) is 0.231. The number of hydrogen-bond acceptors (Lipinski definition) is 5. The summed E-state index contributed by atoms with van der Waals surface area (Å²) in [5.41, 5.74) is 1.00. The van der Waals surface area contributed by atoms with Crippen LogP contribution in [-0.4, -0.2) is 30.4 Å². The lowest BCUT2D eigenvalue weighted by atomic mass is 10.3. The van der Waals surface area contributed by atoms with Gasteiger partial charge in [0.25, 0.3) is 0 Å². The zero-order valence-electron chi connectivity index (χ0n) is 10.9. The van der Waals surface area contributed by atoms with E-state index in [1.165, 1.54) is 11.8 Å². The van der Waals surface area contributed by atoms with E-state index < -0.39 is 0 Å². The number of anilines is 2. The van der Waals surface area contributed by atoms with Gasteiger partial charge in [-0.3, -0.25) is 0 Å². The largest absolute Gasteiger partial charge is 0.497 e. The topological polar surface area (TPSA) is 38.2 Å². The molecule has 0 aliphatic carbocycles. The molecule has 100 valence electrons. The van der Waals surface area contributed by atoms with Crippen LogP contribution in [0.1, 0.15) is 0 Å². The molecule has 0 aliphatic rings. The van der Waals surface area contributed by atoms with Gasteiger partial charge in [-0.2, -0.15) is 0 Å². The van der Waals surface area contributed by atoms with E-state index in [4.69, 9.17) is 16.3 Å². The number of nitrogens with zero attached hydrogens (tertiary/aromatic N) is 3. The van der Waals surface area contributed by atoms with Crippen molar-refractivity contribution in [2.75, 3.05) is 25.3 Å². The van der Waals surface area contributed by atoms with Crippen LogP contribution in [0.25, 0.3) is 0 Å². The van der Waals surface area contributed by atoms with Crippen LogP contribution >= 0.6 is 23.4 Å². The van der Waals surface area contributed by atoms with Gasteiger partial charge < -0.3 is 9.64 Å². The van der Waals surface area contributed by atoms with Crippen LogP contribution in [0.4, 0.5) is 11.5 Å². The lowest BCUT2D eigenvalue weighted by Crippen LogP contribution is -2.11. The molecule has 4 nitrogen and oxygen atoms in total. The van der Waals surface area contributed by atoms with Gasteiger partial charge in [-0.25, -0.2) is 9.97 Å². The molecule has 19 heavy (non-hydrogen) atoms. The number of rotatable bonds is 4. The molecule has 6 heteroatoms. The second-order valence-corrected chi connectivity index (χ2v) is 4.95. The fourth-order valence-corrected chi connectivity index (χ4v) is 2.19. The highest BCUT2D eigenvalue weighted by Crippen LogP contribution is 2.26. The molecule has 0 unspecified atom stereocenters. The molecule has 0 saturated heterocycles. The second-order valence-electron chi connectivity index (χ2n) is 3.79. The Morgan fingerprint density at radius 2 is 1.89 bits per heavy atom. The first-order valence-corrected chi connectivity index (χ1v) is 7.20. The van der Waals surface area contributed by atoms with Crippen molar-refractivity contribution in [2.45, 2.75) is 5.16 Å². The Labute approximate surface area is 121 Å². The van der Waals surface area contributed by atoms with Crippen LogP contribution in [0, 0.1) is 0 Å². The first-order valence-electron chi connectivity index (χ1n) is 5.60. The molecule has 0 bridgehead atoms. The molecule has 2 rings (SSSR count). The SMILES string of the molecule is COc1ccc(N(C)c2cc(Cl)nc(SC)n2)cc1. The number of halogens is 1. The van der Waals surface area contributed by atoms with Gasteiger partial charge in [0.05, 0.1) is 7.11 Å². The number of ether oxygens (including phenoxy) is 1. The van der Waals surface area contributed by atoms with Crippen molar-refractivity contribution in [3.8, 4) is 5.75 Å².